The fourth-order valence-corrected chi connectivity index (χ4v) is 2.49. The maximum Gasteiger partial charge on any atom is 0.124 e. The zero-order chi connectivity index (χ0) is 13.1. The topological polar surface area (TPSA) is 34.2 Å². The third-order valence-corrected chi connectivity index (χ3v) is 3.63. The Morgan fingerprint density at radius 2 is 2.21 bits per heavy atom. The summed E-state index contributed by atoms with van der Waals surface area (Å²) in [6.45, 7) is 3.75. The van der Waals surface area contributed by atoms with Crippen molar-refractivity contribution in [1.82, 2.24) is 10.3 Å². The fraction of sp³-hybridized carbons (Fsp3) is 0.312. The molecular formula is C16H18N2O. The molecule has 0 radical (unpaired) electrons. The predicted octanol–water partition coefficient (Wildman–Crippen LogP) is 3.00. The number of fused-ring (bicyclic) bond motifs is 1. The Labute approximate surface area is 113 Å². The summed E-state index contributed by atoms with van der Waals surface area (Å²) >= 11 is 0. The largest absolute Gasteiger partial charge is 0.493 e. The molecule has 1 aromatic heterocycles. The van der Waals surface area contributed by atoms with E-state index in [1.54, 1.807) is 0 Å². The normalized spacial score (nSPS) is 17.6. The first-order valence-electron chi connectivity index (χ1n) is 6.69. The van der Waals surface area contributed by atoms with Crippen molar-refractivity contribution in [3.8, 4) is 5.75 Å². The summed E-state index contributed by atoms with van der Waals surface area (Å²) in [6.07, 6.45) is 4.78. The highest BCUT2D eigenvalue weighted by molar-refractivity contribution is 5.37. The molecule has 0 aliphatic carbocycles. The Bertz CT molecular complexity index is 568. The first-order valence-corrected chi connectivity index (χ1v) is 6.69. The Morgan fingerprint density at radius 1 is 1.32 bits per heavy atom. The van der Waals surface area contributed by atoms with Crippen LogP contribution in [-0.4, -0.2) is 11.6 Å². The molecule has 2 aromatic rings. The van der Waals surface area contributed by atoms with E-state index >= 15 is 0 Å². The van der Waals surface area contributed by atoms with E-state index in [9.17, 15) is 0 Å². The van der Waals surface area contributed by atoms with E-state index in [1.165, 1.54) is 16.7 Å². The van der Waals surface area contributed by atoms with Crippen molar-refractivity contribution in [2.75, 3.05) is 6.61 Å². The quantitative estimate of drug-likeness (QED) is 0.914. The van der Waals surface area contributed by atoms with Gasteiger partial charge in [0, 0.05) is 37.0 Å². The third-order valence-electron chi connectivity index (χ3n) is 3.63. The number of ether oxygens (including phenoxy) is 1. The number of para-hydroxylation sites is 1. The Balaban J connectivity index is 1.73. The molecule has 19 heavy (non-hydrogen) atoms. The summed E-state index contributed by atoms with van der Waals surface area (Å²) in [7, 11) is 0. The average molecular weight is 254 g/mol. The second-order valence-electron chi connectivity index (χ2n) is 4.91. The standard InChI is InChI=1S/C16H18N2O/c1-12-10-17-8-6-13(12)11-18-15-7-9-19-16-5-3-2-4-14(15)16/h2-6,8,10,15,18H,7,9,11H2,1H3. The van der Waals surface area contributed by atoms with Crippen molar-refractivity contribution in [3.05, 3.63) is 59.4 Å². The van der Waals surface area contributed by atoms with Gasteiger partial charge in [0.15, 0.2) is 0 Å². The van der Waals surface area contributed by atoms with Gasteiger partial charge in [-0.3, -0.25) is 4.98 Å². The van der Waals surface area contributed by atoms with E-state index < -0.39 is 0 Å². The van der Waals surface area contributed by atoms with E-state index in [2.05, 4.69) is 35.4 Å². The van der Waals surface area contributed by atoms with Crippen LogP contribution in [0.4, 0.5) is 0 Å². The summed E-state index contributed by atoms with van der Waals surface area (Å²) in [4.78, 5) is 4.13. The highest BCUT2D eigenvalue weighted by atomic mass is 16.5. The summed E-state index contributed by atoms with van der Waals surface area (Å²) in [6, 6.07) is 10.7. The molecule has 1 aliphatic heterocycles. The molecule has 1 unspecified atom stereocenters. The Morgan fingerprint density at radius 3 is 3.11 bits per heavy atom. The first-order chi connectivity index (χ1) is 9.34. The predicted molar refractivity (Wildman–Crippen MR) is 75.1 cm³/mol. The van der Waals surface area contributed by atoms with Crippen LogP contribution in [-0.2, 0) is 6.54 Å². The summed E-state index contributed by atoms with van der Waals surface area (Å²) < 4.78 is 5.68. The number of nitrogens with zero attached hydrogens (tertiary/aromatic N) is 1. The SMILES string of the molecule is Cc1cnccc1CNC1CCOc2ccccc21. The van der Waals surface area contributed by atoms with Crippen LogP contribution < -0.4 is 10.1 Å². The van der Waals surface area contributed by atoms with Crippen LogP contribution in [0.3, 0.4) is 0 Å². The zero-order valence-corrected chi connectivity index (χ0v) is 11.1. The van der Waals surface area contributed by atoms with Crippen molar-refractivity contribution < 1.29 is 4.74 Å². The lowest BCUT2D eigenvalue weighted by atomic mass is 10.00. The van der Waals surface area contributed by atoms with Crippen LogP contribution in [0, 0.1) is 6.92 Å². The molecular weight excluding hydrogens is 236 g/mol. The molecule has 3 rings (SSSR count). The molecule has 0 fully saturated rings. The van der Waals surface area contributed by atoms with Gasteiger partial charge in [0.25, 0.3) is 0 Å². The summed E-state index contributed by atoms with van der Waals surface area (Å²) in [5.74, 6) is 1.01. The third kappa shape index (κ3) is 2.61. The average Bonchev–Trinajstić information content (AvgIpc) is 2.46. The van der Waals surface area contributed by atoms with Gasteiger partial charge in [0.1, 0.15) is 5.75 Å². The molecule has 1 atom stereocenters. The fourth-order valence-electron chi connectivity index (χ4n) is 2.49. The Kier molecular flexibility index (Phi) is 3.47. The van der Waals surface area contributed by atoms with Crippen molar-refractivity contribution in [2.45, 2.75) is 25.9 Å². The van der Waals surface area contributed by atoms with E-state index in [4.69, 9.17) is 4.74 Å². The van der Waals surface area contributed by atoms with Crippen molar-refractivity contribution in [2.24, 2.45) is 0 Å². The molecule has 0 bridgehead atoms. The van der Waals surface area contributed by atoms with Crippen LogP contribution in [0.25, 0.3) is 0 Å². The van der Waals surface area contributed by atoms with Crippen LogP contribution in [0.5, 0.6) is 5.75 Å². The number of nitrogens with one attached hydrogen (secondary N) is 1. The van der Waals surface area contributed by atoms with E-state index in [-0.39, 0.29) is 0 Å². The molecule has 0 amide bonds. The minimum atomic E-state index is 0.373. The number of rotatable bonds is 3. The number of benzene rings is 1. The van der Waals surface area contributed by atoms with Crippen molar-refractivity contribution >= 4 is 0 Å². The molecule has 1 N–H and O–H groups in total. The van der Waals surface area contributed by atoms with E-state index in [1.807, 2.05) is 24.5 Å². The van der Waals surface area contributed by atoms with Gasteiger partial charge in [-0.05, 0) is 30.2 Å². The second-order valence-corrected chi connectivity index (χ2v) is 4.91. The van der Waals surface area contributed by atoms with Gasteiger partial charge in [-0.2, -0.15) is 0 Å². The minimum absolute atomic E-state index is 0.373. The molecule has 0 saturated carbocycles. The summed E-state index contributed by atoms with van der Waals surface area (Å²) in [5, 5.41) is 3.63. The van der Waals surface area contributed by atoms with Crippen LogP contribution >= 0.6 is 0 Å². The molecule has 1 aliphatic rings. The van der Waals surface area contributed by atoms with E-state index in [0.717, 1.165) is 25.3 Å². The highest BCUT2D eigenvalue weighted by Crippen LogP contribution is 2.31. The van der Waals surface area contributed by atoms with E-state index in [0.29, 0.717) is 6.04 Å². The molecule has 1 aromatic carbocycles. The molecule has 0 spiro atoms. The van der Waals surface area contributed by atoms with Gasteiger partial charge in [-0.15, -0.1) is 0 Å². The maximum atomic E-state index is 5.68. The second kappa shape index (κ2) is 5.41. The number of aryl methyl sites for hydroxylation is 1. The first kappa shape index (κ1) is 12.2. The van der Waals surface area contributed by atoms with Crippen LogP contribution in [0.1, 0.15) is 29.2 Å². The van der Waals surface area contributed by atoms with Gasteiger partial charge < -0.3 is 10.1 Å². The van der Waals surface area contributed by atoms with Crippen LogP contribution in [0.2, 0.25) is 0 Å². The molecule has 0 saturated heterocycles. The molecule has 3 nitrogen and oxygen atoms in total. The van der Waals surface area contributed by atoms with Gasteiger partial charge in [0.05, 0.1) is 6.61 Å². The number of pyridine rings is 1. The number of hydrogen-bond donors (Lipinski definition) is 1. The highest BCUT2D eigenvalue weighted by Gasteiger charge is 2.20. The van der Waals surface area contributed by atoms with Crippen molar-refractivity contribution in [3.63, 3.8) is 0 Å². The van der Waals surface area contributed by atoms with Crippen molar-refractivity contribution in [1.29, 1.82) is 0 Å². The molecule has 2 heterocycles. The molecule has 98 valence electrons. The zero-order valence-electron chi connectivity index (χ0n) is 11.1. The number of hydrogen-bond acceptors (Lipinski definition) is 3. The lowest BCUT2D eigenvalue weighted by Gasteiger charge is -2.27. The van der Waals surface area contributed by atoms with Gasteiger partial charge in [0.2, 0.25) is 0 Å². The maximum absolute atomic E-state index is 5.68. The minimum Gasteiger partial charge on any atom is -0.493 e. The number of aromatic nitrogens is 1. The summed E-state index contributed by atoms with van der Waals surface area (Å²) in [5.41, 5.74) is 3.80. The van der Waals surface area contributed by atoms with Gasteiger partial charge >= 0.3 is 0 Å². The van der Waals surface area contributed by atoms with Gasteiger partial charge in [-0.25, -0.2) is 0 Å². The lowest BCUT2D eigenvalue weighted by molar-refractivity contribution is 0.252. The molecule has 3 heteroatoms. The Hall–Kier alpha value is -1.87. The van der Waals surface area contributed by atoms with Crippen LogP contribution in [0.15, 0.2) is 42.7 Å². The lowest BCUT2D eigenvalue weighted by Crippen LogP contribution is -2.26. The van der Waals surface area contributed by atoms with Gasteiger partial charge in [-0.1, -0.05) is 18.2 Å². The monoisotopic (exact) mass is 254 g/mol. The smallest absolute Gasteiger partial charge is 0.124 e.